The number of nitrogens with one attached hydrogen (secondary N) is 1. The van der Waals surface area contributed by atoms with E-state index >= 15 is 0 Å². The number of anilines is 1. The van der Waals surface area contributed by atoms with E-state index in [2.05, 4.69) is 20.4 Å². The third-order valence-electron chi connectivity index (χ3n) is 2.32. The van der Waals surface area contributed by atoms with Crippen molar-refractivity contribution in [3.05, 3.63) is 35.3 Å². The molecule has 0 atom stereocenters. The lowest BCUT2D eigenvalue weighted by Gasteiger charge is -1.94. The molecule has 0 fully saturated rings. The number of carbonyl (C=O) groups is 1. The molecule has 0 aliphatic carbocycles. The van der Waals surface area contributed by atoms with Crippen LogP contribution >= 0.6 is 11.3 Å². The van der Waals surface area contributed by atoms with Gasteiger partial charge in [0.25, 0.3) is 11.9 Å². The van der Waals surface area contributed by atoms with Crippen LogP contribution in [-0.2, 0) is 6.54 Å². The van der Waals surface area contributed by atoms with Crippen LogP contribution in [0.2, 0.25) is 0 Å². The highest BCUT2D eigenvalue weighted by Crippen LogP contribution is 2.22. The van der Waals surface area contributed by atoms with Crippen molar-refractivity contribution in [2.75, 3.05) is 5.32 Å². The molecule has 3 aromatic rings. The zero-order chi connectivity index (χ0) is 13.9. The maximum atomic E-state index is 10.6. The Bertz CT molecular complexity index is 718. The molecule has 0 aromatic carbocycles. The van der Waals surface area contributed by atoms with Crippen LogP contribution in [0.3, 0.4) is 0 Å². The summed E-state index contributed by atoms with van der Waals surface area (Å²) in [6.45, 7) is 0.217. The first-order valence-corrected chi connectivity index (χ1v) is 6.39. The molecule has 0 radical (unpaired) electrons. The predicted octanol–water partition coefficient (Wildman–Crippen LogP) is 2.10. The highest BCUT2D eigenvalue weighted by molar-refractivity contribution is 7.13. The lowest BCUT2D eigenvalue weighted by Crippen LogP contribution is -2.02. The number of nitrogens with zero attached hydrogens (tertiary/aromatic N) is 3. The van der Waals surface area contributed by atoms with E-state index < -0.39 is 5.97 Å². The van der Waals surface area contributed by atoms with Gasteiger partial charge in [0.1, 0.15) is 6.26 Å². The molecule has 0 saturated carbocycles. The standard InChI is InChI=1S/C11H8N4O4S/c16-10(17)6-5-18-11(13-6)12-4-8-14-9(19-15-8)7-2-1-3-20-7/h1-3,5H,4H2,(H,12,13)(H,16,17). The molecule has 8 nitrogen and oxygen atoms in total. The van der Waals surface area contributed by atoms with Gasteiger partial charge in [-0.15, -0.1) is 11.3 Å². The SMILES string of the molecule is O=C(O)c1coc(NCc2noc(-c3cccs3)n2)n1. The summed E-state index contributed by atoms with van der Waals surface area (Å²) in [5, 5.41) is 17.2. The first-order valence-electron chi connectivity index (χ1n) is 5.51. The van der Waals surface area contributed by atoms with Crippen LogP contribution < -0.4 is 5.32 Å². The predicted molar refractivity (Wildman–Crippen MR) is 68.4 cm³/mol. The summed E-state index contributed by atoms with van der Waals surface area (Å²) < 4.78 is 10.0. The van der Waals surface area contributed by atoms with Gasteiger partial charge in [-0.25, -0.2) is 4.79 Å². The van der Waals surface area contributed by atoms with E-state index in [1.54, 1.807) is 0 Å². The van der Waals surface area contributed by atoms with Crippen LogP contribution in [0, 0.1) is 0 Å². The maximum absolute atomic E-state index is 10.6. The van der Waals surface area contributed by atoms with E-state index in [1.807, 2.05) is 17.5 Å². The topological polar surface area (TPSA) is 114 Å². The summed E-state index contributed by atoms with van der Waals surface area (Å²) in [7, 11) is 0. The summed E-state index contributed by atoms with van der Waals surface area (Å²) in [5.41, 5.74) is -0.167. The van der Waals surface area contributed by atoms with Gasteiger partial charge in [-0.1, -0.05) is 11.2 Å². The van der Waals surface area contributed by atoms with E-state index in [1.165, 1.54) is 11.3 Å². The highest BCUT2D eigenvalue weighted by Gasteiger charge is 2.12. The number of carboxylic acid groups (broad SMARTS) is 1. The van der Waals surface area contributed by atoms with Crippen LogP contribution in [-0.4, -0.2) is 26.2 Å². The molecule has 0 unspecified atom stereocenters. The van der Waals surface area contributed by atoms with Gasteiger partial charge in [0.2, 0.25) is 0 Å². The quantitative estimate of drug-likeness (QED) is 0.734. The van der Waals surface area contributed by atoms with E-state index in [4.69, 9.17) is 14.0 Å². The Kier molecular flexibility index (Phi) is 3.17. The second-order valence-corrected chi connectivity index (χ2v) is 4.64. The Morgan fingerprint density at radius 2 is 2.35 bits per heavy atom. The molecule has 0 spiro atoms. The van der Waals surface area contributed by atoms with E-state index in [0.717, 1.165) is 11.1 Å². The first kappa shape index (κ1) is 12.4. The van der Waals surface area contributed by atoms with Gasteiger partial charge in [-0.2, -0.15) is 9.97 Å². The number of aromatic nitrogens is 3. The Hall–Kier alpha value is -2.68. The largest absolute Gasteiger partial charge is 0.476 e. The molecular formula is C11H8N4O4S. The maximum Gasteiger partial charge on any atom is 0.357 e. The lowest BCUT2D eigenvalue weighted by atomic mass is 10.5. The minimum Gasteiger partial charge on any atom is -0.476 e. The molecule has 0 aliphatic rings. The second-order valence-electron chi connectivity index (χ2n) is 3.69. The van der Waals surface area contributed by atoms with Gasteiger partial charge in [-0.3, -0.25) is 0 Å². The molecule has 0 aliphatic heterocycles. The molecule has 0 saturated heterocycles. The second kappa shape index (κ2) is 5.13. The van der Waals surface area contributed by atoms with Gasteiger partial charge >= 0.3 is 5.97 Å². The summed E-state index contributed by atoms with van der Waals surface area (Å²) in [6.07, 6.45) is 1.05. The van der Waals surface area contributed by atoms with E-state index in [-0.39, 0.29) is 18.3 Å². The van der Waals surface area contributed by atoms with Crippen molar-refractivity contribution < 1.29 is 18.8 Å². The summed E-state index contributed by atoms with van der Waals surface area (Å²) in [5.74, 6) is -0.291. The Morgan fingerprint density at radius 1 is 1.45 bits per heavy atom. The zero-order valence-electron chi connectivity index (χ0n) is 9.94. The van der Waals surface area contributed by atoms with Crippen LogP contribution in [0.25, 0.3) is 10.8 Å². The van der Waals surface area contributed by atoms with Gasteiger partial charge in [-0.05, 0) is 11.4 Å². The third-order valence-corrected chi connectivity index (χ3v) is 3.18. The average molecular weight is 292 g/mol. The zero-order valence-corrected chi connectivity index (χ0v) is 10.8. The van der Waals surface area contributed by atoms with Crippen molar-refractivity contribution in [3.63, 3.8) is 0 Å². The van der Waals surface area contributed by atoms with Gasteiger partial charge < -0.3 is 19.4 Å². The Labute approximate surface area is 116 Å². The number of hydrogen-bond donors (Lipinski definition) is 2. The van der Waals surface area contributed by atoms with Crippen LogP contribution in [0.15, 0.2) is 32.7 Å². The number of carboxylic acids is 1. The minimum absolute atomic E-state index is 0.0878. The molecule has 2 N–H and O–H groups in total. The number of oxazole rings is 1. The third kappa shape index (κ3) is 2.52. The van der Waals surface area contributed by atoms with Crippen LogP contribution in [0.1, 0.15) is 16.3 Å². The number of thiophene rings is 1. The molecule has 0 amide bonds. The van der Waals surface area contributed by atoms with Crippen LogP contribution in [0.4, 0.5) is 6.01 Å². The number of hydrogen-bond acceptors (Lipinski definition) is 8. The van der Waals surface area contributed by atoms with Crippen LogP contribution in [0.5, 0.6) is 0 Å². The van der Waals surface area contributed by atoms with Gasteiger partial charge in [0.15, 0.2) is 11.5 Å². The fourth-order valence-corrected chi connectivity index (χ4v) is 2.08. The van der Waals surface area contributed by atoms with Crippen molar-refractivity contribution in [2.45, 2.75) is 6.54 Å². The Morgan fingerprint density at radius 3 is 3.05 bits per heavy atom. The first-order chi connectivity index (χ1) is 9.72. The van der Waals surface area contributed by atoms with Gasteiger partial charge in [0, 0.05) is 0 Å². The molecular weight excluding hydrogens is 284 g/mol. The molecule has 3 aromatic heterocycles. The fraction of sp³-hybridized carbons (Fsp3) is 0.0909. The fourth-order valence-electron chi connectivity index (χ4n) is 1.43. The minimum atomic E-state index is -1.15. The highest BCUT2D eigenvalue weighted by atomic mass is 32.1. The molecule has 3 heterocycles. The lowest BCUT2D eigenvalue weighted by molar-refractivity contribution is 0.0690. The smallest absolute Gasteiger partial charge is 0.357 e. The molecule has 9 heteroatoms. The monoisotopic (exact) mass is 292 g/mol. The van der Waals surface area contributed by atoms with Gasteiger partial charge in [0.05, 0.1) is 11.4 Å². The molecule has 0 bridgehead atoms. The number of aromatic carboxylic acids is 1. The van der Waals surface area contributed by atoms with Crippen molar-refractivity contribution in [1.29, 1.82) is 0 Å². The summed E-state index contributed by atoms with van der Waals surface area (Å²) in [4.78, 5) is 19.4. The van der Waals surface area contributed by atoms with Crippen molar-refractivity contribution in [3.8, 4) is 10.8 Å². The van der Waals surface area contributed by atoms with E-state index in [9.17, 15) is 4.79 Å². The average Bonchev–Trinajstić information content (AvgIpc) is 3.17. The summed E-state index contributed by atoms with van der Waals surface area (Å²) in [6, 6.07) is 3.86. The van der Waals surface area contributed by atoms with Crippen molar-refractivity contribution in [2.24, 2.45) is 0 Å². The van der Waals surface area contributed by atoms with Crippen molar-refractivity contribution in [1.82, 2.24) is 15.1 Å². The van der Waals surface area contributed by atoms with E-state index in [0.29, 0.717) is 11.7 Å². The molecule has 102 valence electrons. The molecule has 3 rings (SSSR count). The molecule has 20 heavy (non-hydrogen) atoms. The van der Waals surface area contributed by atoms with Crippen molar-refractivity contribution >= 4 is 23.3 Å². The number of rotatable bonds is 5. The Balaban J connectivity index is 1.65. The normalized spacial score (nSPS) is 10.6. The summed E-state index contributed by atoms with van der Waals surface area (Å²) >= 11 is 1.50.